The van der Waals surface area contributed by atoms with E-state index in [1.807, 2.05) is 13.8 Å². The summed E-state index contributed by atoms with van der Waals surface area (Å²) in [6, 6.07) is 0. The first-order valence-corrected chi connectivity index (χ1v) is 6.08. The molecule has 0 aliphatic heterocycles. The van der Waals surface area contributed by atoms with Gasteiger partial charge in [-0.05, 0) is 38.2 Å². The fraction of sp³-hybridized carbons (Fsp3) is 0.769. The van der Waals surface area contributed by atoms with E-state index in [0.29, 0.717) is 5.57 Å². The van der Waals surface area contributed by atoms with Gasteiger partial charge in [0.15, 0.2) is 5.83 Å². The Morgan fingerprint density at radius 3 is 2.47 bits per heavy atom. The molecule has 4 heteroatoms. The van der Waals surface area contributed by atoms with Gasteiger partial charge in [0.25, 0.3) is 5.91 Å². The molecule has 0 aromatic heterocycles. The molecule has 1 unspecified atom stereocenters. The molecule has 1 atom stereocenters. The molecule has 1 aliphatic carbocycles. The maximum atomic E-state index is 13.7. The molecule has 1 rings (SSSR count). The minimum Gasteiger partial charge on any atom is -0.393 e. The van der Waals surface area contributed by atoms with Gasteiger partial charge in [-0.3, -0.25) is 4.79 Å². The number of carbonyl (C=O) groups is 1. The van der Waals surface area contributed by atoms with Gasteiger partial charge in [-0.1, -0.05) is 13.8 Å². The summed E-state index contributed by atoms with van der Waals surface area (Å²) >= 11 is 0. The number of halogens is 1. The van der Waals surface area contributed by atoms with E-state index in [1.54, 1.807) is 13.8 Å². The average molecular weight is 243 g/mol. The van der Waals surface area contributed by atoms with Gasteiger partial charge in [0, 0.05) is 12.0 Å². The van der Waals surface area contributed by atoms with Crippen LogP contribution in [0.25, 0.3) is 0 Å². The first kappa shape index (κ1) is 14.2. The Bertz CT molecular complexity index is 330. The minimum absolute atomic E-state index is 0.255. The van der Waals surface area contributed by atoms with Crippen molar-refractivity contribution in [3.63, 3.8) is 0 Å². The highest BCUT2D eigenvalue weighted by Gasteiger charge is 2.29. The molecule has 3 nitrogen and oxygen atoms in total. The van der Waals surface area contributed by atoms with Gasteiger partial charge in [0.05, 0.1) is 6.10 Å². The molecule has 0 aromatic carbocycles. The summed E-state index contributed by atoms with van der Waals surface area (Å²) in [6.07, 6.45) is 1.40. The maximum absolute atomic E-state index is 13.7. The fourth-order valence-electron chi connectivity index (χ4n) is 1.41. The summed E-state index contributed by atoms with van der Waals surface area (Å²) < 4.78 is 13.7. The van der Waals surface area contributed by atoms with Crippen LogP contribution in [-0.4, -0.2) is 23.7 Å². The zero-order valence-electron chi connectivity index (χ0n) is 11.0. The molecule has 98 valence electrons. The largest absolute Gasteiger partial charge is 0.393 e. The van der Waals surface area contributed by atoms with Crippen LogP contribution >= 0.6 is 0 Å². The average Bonchev–Trinajstić information content (AvgIpc) is 3.07. The quantitative estimate of drug-likeness (QED) is 0.727. The molecule has 0 aromatic rings. The number of allylic oxidation sites excluding steroid dienone is 1. The van der Waals surface area contributed by atoms with E-state index >= 15 is 0 Å². The predicted octanol–water partition coefficient (Wildman–Crippen LogP) is 2.16. The van der Waals surface area contributed by atoms with E-state index in [1.165, 1.54) is 0 Å². The maximum Gasteiger partial charge on any atom is 0.279 e. The van der Waals surface area contributed by atoms with Crippen LogP contribution in [0.1, 0.15) is 40.5 Å². The SMILES string of the molecule is C/C(=C(/F)C(=O)NCC(C)(C)C(C)O)C1CC1. The first-order chi connectivity index (χ1) is 7.75. The summed E-state index contributed by atoms with van der Waals surface area (Å²) in [5.74, 6) is -1.07. The summed E-state index contributed by atoms with van der Waals surface area (Å²) in [7, 11) is 0. The molecular weight excluding hydrogens is 221 g/mol. The molecule has 1 aliphatic rings. The second-order valence-electron chi connectivity index (χ2n) is 5.62. The third-order valence-electron chi connectivity index (χ3n) is 3.57. The van der Waals surface area contributed by atoms with Crippen molar-refractivity contribution in [1.29, 1.82) is 0 Å². The zero-order valence-corrected chi connectivity index (χ0v) is 11.0. The topological polar surface area (TPSA) is 49.3 Å². The molecule has 0 saturated heterocycles. The van der Waals surface area contributed by atoms with Crippen LogP contribution in [-0.2, 0) is 4.79 Å². The minimum atomic E-state index is -0.664. The second-order valence-corrected chi connectivity index (χ2v) is 5.62. The summed E-state index contributed by atoms with van der Waals surface area (Å²) in [4.78, 5) is 11.6. The highest BCUT2D eigenvalue weighted by Crippen LogP contribution is 2.37. The fourth-order valence-corrected chi connectivity index (χ4v) is 1.41. The van der Waals surface area contributed by atoms with E-state index in [9.17, 15) is 14.3 Å². The van der Waals surface area contributed by atoms with Gasteiger partial charge in [0.2, 0.25) is 0 Å². The van der Waals surface area contributed by atoms with Crippen LogP contribution in [0.15, 0.2) is 11.4 Å². The lowest BCUT2D eigenvalue weighted by molar-refractivity contribution is -0.119. The summed E-state index contributed by atoms with van der Waals surface area (Å²) in [5, 5.41) is 12.0. The number of hydrogen-bond donors (Lipinski definition) is 2. The monoisotopic (exact) mass is 243 g/mol. The Morgan fingerprint density at radius 2 is 2.06 bits per heavy atom. The third-order valence-corrected chi connectivity index (χ3v) is 3.57. The van der Waals surface area contributed by atoms with E-state index in [2.05, 4.69) is 5.32 Å². The Labute approximate surface area is 102 Å². The van der Waals surface area contributed by atoms with Crippen LogP contribution < -0.4 is 5.32 Å². The number of aliphatic hydroxyl groups is 1. The Kier molecular flexibility index (Phi) is 4.31. The van der Waals surface area contributed by atoms with Gasteiger partial charge in [0.1, 0.15) is 0 Å². The van der Waals surface area contributed by atoms with E-state index in [-0.39, 0.29) is 12.5 Å². The molecule has 0 radical (unpaired) electrons. The zero-order chi connectivity index (χ0) is 13.2. The molecule has 17 heavy (non-hydrogen) atoms. The number of nitrogens with one attached hydrogen (secondary N) is 1. The Morgan fingerprint density at radius 1 is 1.53 bits per heavy atom. The molecule has 1 saturated carbocycles. The Hall–Kier alpha value is -0.900. The lowest BCUT2D eigenvalue weighted by Gasteiger charge is -2.27. The Balaban J connectivity index is 2.52. The van der Waals surface area contributed by atoms with Crippen molar-refractivity contribution in [1.82, 2.24) is 5.32 Å². The number of hydrogen-bond acceptors (Lipinski definition) is 2. The van der Waals surface area contributed by atoms with Crippen molar-refractivity contribution < 1.29 is 14.3 Å². The van der Waals surface area contributed by atoms with E-state index in [0.717, 1.165) is 12.8 Å². The molecule has 0 spiro atoms. The van der Waals surface area contributed by atoms with Gasteiger partial charge >= 0.3 is 0 Å². The lowest BCUT2D eigenvalue weighted by Crippen LogP contribution is -2.40. The molecule has 2 N–H and O–H groups in total. The van der Waals surface area contributed by atoms with Crippen molar-refractivity contribution in [2.45, 2.75) is 46.6 Å². The number of aliphatic hydroxyl groups excluding tert-OH is 1. The predicted molar refractivity (Wildman–Crippen MR) is 65.0 cm³/mol. The van der Waals surface area contributed by atoms with Gasteiger partial charge < -0.3 is 10.4 Å². The smallest absolute Gasteiger partial charge is 0.279 e. The molecular formula is C13H22FNO2. The lowest BCUT2D eigenvalue weighted by atomic mass is 9.87. The van der Waals surface area contributed by atoms with E-state index < -0.39 is 23.3 Å². The highest BCUT2D eigenvalue weighted by atomic mass is 19.1. The summed E-state index contributed by atoms with van der Waals surface area (Å²) in [5.41, 5.74) is 0.0982. The number of rotatable bonds is 5. The summed E-state index contributed by atoms with van der Waals surface area (Å²) in [6.45, 7) is 7.25. The van der Waals surface area contributed by atoms with Crippen LogP contribution in [0, 0.1) is 11.3 Å². The van der Waals surface area contributed by atoms with Crippen molar-refractivity contribution in [3.8, 4) is 0 Å². The van der Waals surface area contributed by atoms with Gasteiger partial charge in [-0.2, -0.15) is 0 Å². The van der Waals surface area contributed by atoms with Crippen LogP contribution in [0.2, 0.25) is 0 Å². The second kappa shape index (κ2) is 5.17. The van der Waals surface area contributed by atoms with Crippen LogP contribution in [0.3, 0.4) is 0 Å². The number of carbonyl (C=O) groups excluding carboxylic acids is 1. The highest BCUT2D eigenvalue weighted by molar-refractivity contribution is 5.92. The normalized spacial score (nSPS) is 19.6. The van der Waals surface area contributed by atoms with Crippen molar-refractivity contribution in [2.75, 3.05) is 6.54 Å². The van der Waals surface area contributed by atoms with E-state index in [4.69, 9.17) is 0 Å². The molecule has 1 fully saturated rings. The van der Waals surface area contributed by atoms with Gasteiger partial charge in [-0.25, -0.2) is 4.39 Å². The standard InChI is InChI=1S/C13H22FNO2/c1-8(10-5-6-10)11(14)12(17)15-7-13(3,4)9(2)16/h9-10,16H,5-7H2,1-4H3,(H,15,17)/b11-8-. The van der Waals surface area contributed by atoms with Crippen LogP contribution in [0.5, 0.6) is 0 Å². The van der Waals surface area contributed by atoms with Crippen molar-refractivity contribution in [2.24, 2.45) is 11.3 Å². The molecule has 0 bridgehead atoms. The third kappa shape index (κ3) is 3.80. The molecule has 1 amide bonds. The van der Waals surface area contributed by atoms with Crippen molar-refractivity contribution >= 4 is 5.91 Å². The molecule has 0 heterocycles. The van der Waals surface area contributed by atoms with Crippen LogP contribution in [0.4, 0.5) is 4.39 Å². The van der Waals surface area contributed by atoms with Crippen molar-refractivity contribution in [3.05, 3.63) is 11.4 Å². The number of amides is 1. The van der Waals surface area contributed by atoms with Gasteiger partial charge in [-0.15, -0.1) is 0 Å². The first-order valence-electron chi connectivity index (χ1n) is 6.08.